The molecule has 19 heavy (non-hydrogen) atoms. The lowest BCUT2D eigenvalue weighted by Gasteiger charge is -2.19. The van der Waals surface area contributed by atoms with Crippen molar-refractivity contribution in [1.29, 1.82) is 0 Å². The lowest BCUT2D eigenvalue weighted by Crippen LogP contribution is -2.37. The molecule has 0 aliphatic heterocycles. The van der Waals surface area contributed by atoms with Crippen molar-refractivity contribution < 1.29 is 14.7 Å². The number of hydrogen-bond donors (Lipinski definition) is 3. The number of aliphatic carboxylic acids is 1. The van der Waals surface area contributed by atoms with E-state index in [0.29, 0.717) is 18.9 Å². The van der Waals surface area contributed by atoms with Gasteiger partial charge in [0.1, 0.15) is 0 Å². The number of nitrogens with one attached hydrogen (secondary N) is 1. The first-order valence-electron chi connectivity index (χ1n) is 6.96. The minimum absolute atomic E-state index is 0.0169. The molecule has 2 unspecified atom stereocenters. The van der Waals surface area contributed by atoms with Crippen LogP contribution in [0.1, 0.15) is 47.0 Å². The fraction of sp³-hybridized carbons (Fsp3) is 0.857. The van der Waals surface area contributed by atoms with Crippen LogP contribution < -0.4 is 11.1 Å². The maximum atomic E-state index is 11.7. The Morgan fingerprint density at radius 3 is 2.16 bits per heavy atom. The number of amides is 1. The number of carboxylic acids is 1. The first-order chi connectivity index (χ1) is 8.72. The Morgan fingerprint density at radius 1 is 1.16 bits per heavy atom. The number of carbonyl (C=O) groups is 2. The van der Waals surface area contributed by atoms with E-state index in [0.717, 1.165) is 6.42 Å². The molecule has 0 aliphatic rings. The van der Waals surface area contributed by atoms with Gasteiger partial charge < -0.3 is 16.2 Å². The highest BCUT2D eigenvalue weighted by molar-refractivity contribution is 5.76. The summed E-state index contributed by atoms with van der Waals surface area (Å²) in [5.41, 5.74) is 5.83. The Hall–Kier alpha value is -1.10. The highest BCUT2D eigenvalue weighted by atomic mass is 16.4. The monoisotopic (exact) mass is 272 g/mol. The molecule has 0 aromatic carbocycles. The van der Waals surface area contributed by atoms with Gasteiger partial charge in [0.25, 0.3) is 0 Å². The summed E-state index contributed by atoms with van der Waals surface area (Å²) < 4.78 is 0. The first kappa shape index (κ1) is 17.9. The summed E-state index contributed by atoms with van der Waals surface area (Å²) in [5, 5.41) is 11.6. The molecule has 0 spiro atoms. The number of hydrogen-bond acceptors (Lipinski definition) is 3. The molecule has 0 heterocycles. The van der Waals surface area contributed by atoms with Gasteiger partial charge in [-0.25, -0.2) is 0 Å². The van der Waals surface area contributed by atoms with Crippen molar-refractivity contribution in [2.24, 2.45) is 23.5 Å². The van der Waals surface area contributed by atoms with E-state index in [-0.39, 0.29) is 30.2 Å². The zero-order chi connectivity index (χ0) is 15.0. The zero-order valence-electron chi connectivity index (χ0n) is 12.5. The topological polar surface area (TPSA) is 92.4 Å². The molecular weight excluding hydrogens is 244 g/mol. The molecule has 0 aliphatic carbocycles. The highest BCUT2D eigenvalue weighted by Gasteiger charge is 2.17. The summed E-state index contributed by atoms with van der Waals surface area (Å²) in [6.45, 7) is 8.46. The lowest BCUT2D eigenvalue weighted by atomic mass is 9.94. The molecule has 0 rings (SSSR count). The third kappa shape index (κ3) is 9.47. The fourth-order valence-electron chi connectivity index (χ4n) is 1.93. The van der Waals surface area contributed by atoms with E-state index >= 15 is 0 Å². The maximum Gasteiger partial charge on any atom is 0.303 e. The van der Waals surface area contributed by atoms with Crippen molar-refractivity contribution in [2.75, 3.05) is 6.54 Å². The summed E-state index contributed by atoms with van der Waals surface area (Å²) in [4.78, 5) is 22.5. The van der Waals surface area contributed by atoms with Crippen LogP contribution in [-0.4, -0.2) is 29.6 Å². The van der Waals surface area contributed by atoms with Crippen LogP contribution >= 0.6 is 0 Å². The third-order valence-electron chi connectivity index (χ3n) is 3.13. The molecule has 2 atom stereocenters. The van der Waals surface area contributed by atoms with Crippen molar-refractivity contribution in [3.05, 3.63) is 0 Å². The number of rotatable bonds is 9. The standard InChI is InChI=1S/C14H28N2O3/c1-9(2)5-11(6-14(18)19)8-16-13(17)7-12(15)10(3)4/h9-12H,5-8,15H2,1-4H3,(H,16,17)(H,18,19). The van der Waals surface area contributed by atoms with Gasteiger partial charge >= 0.3 is 5.97 Å². The average molecular weight is 272 g/mol. The van der Waals surface area contributed by atoms with E-state index in [1.54, 1.807) is 0 Å². The second kappa shape index (κ2) is 8.91. The zero-order valence-corrected chi connectivity index (χ0v) is 12.5. The first-order valence-corrected chi connectivity index (χ1v) is 6.96. The van der Waals surface area contributed by atoms with Crippen molar-refractivity contribution >= 4 is 11.9 Å². The van der Waals surface area contributed by atoms with Crippen molar-refractivity contribution in [3.63, 3.8) is 0 Å². The van der Waals surface area contributed by atoms with Gasteiger partial charge in [0.2, 0.25) is 5.91 Å². The van der Waals surface area contributed by atoms with Gasteiger partial charge in [-0.2, -0.15) is 0 Å². The van der Waals surface area contributed by atoms with Crippen molar-refractivity contribution in [1.82, 2.24) is 5.32 Å². The van der Waals surface area contributed by atoms with Crippen molar-refractivity contribution in [3.8, 4) is 0 Å². The molecule has 0 saturated heterocycles. The van der Waals surface area contributed by atoms with E-state index in [4.69, 9.17) is 10.8 Å². The molecule has 0 aromatic rings. The van der Waals surface area contributed by atoms with Crippen LogP contribution in [0.5, 0.6) is 0 Å². The Morgan fingerprint density at radius 2 is 1.74 bits per heavy atom. The Bertz CT molecular complexity index is 290. The molecule has 4 N–H and O–H groups in total. The van der Waals surface area contributed by atoms with Crippen LogP contribution in [0.3, 0.4) is 0 Å². The predicted octanol–water partition coefficient (Wildman–Crippen LogP) is 1.61. The van der Waals surface area contributed by atoms with Gasteiger partial charge in [0.15, 0.2) is 0 Å². The SMILES string of the molecule is CC(C)CC(CNC(=O)CC(N)C(C)C)CC(=O)O. The highest BCUT2D eigenvalue weighted by Crippen LogP contribution is 2.15. The summed E-state index contributed by atoms with van der Waals surface area (Å²) in [5.74, 6) is -0.258. The number of nitrogens with two attached hydrogens (primary N) is 1. The van der Waals surface area contributed by atoms with Gasteiger partial charge in [0.05, 0.1) is 0 Å². The van der Waals surface area contributed by atoms with Crippen LogP contribution in [0.15, 0.2) is 0 Å². The van der Waals surface area contributed by atoms with E-state index in [1.807, 2.05) is 27.7 Å². The molecule has 0 saturated carbocycles. The van der Waals surface area contributed by atoms with Gasteiger partial charge in [-0.1, -0.05) is 27.7 Å². The second-order valence-corrected chi connectivity index (χ2v) is 6.01. The normalized spacial score (nSPS) is 14.5. The molecule has 112 valence electrons. The molecule has 5 heteroatoms. The summed E-state index contributed by atoms with van der Waals surface area (Å²) >= 11 is 0. The summed E-state index contributed by atoms with van der Waals surface area (Å²) in [6.07, 6.45) is 1.18. The van der Waals surface area contributed by atoms with Crippen LogP contribution in [0, 0.1) is 17.8 Å². The molecule has 0 fully saturated rings. The maximum absolute atomic E-state index is 11.7. The molecule has 0 radical (unpaired) electrons. The van der Waals surface area contributed by atoms with Crippen LogP contribution in [0.25, 0.3) is 0 Å². The van der Waals surface area contributed by atoms with Crippen LogP contribution in [-0.2, 0) is 9.59 Å². The molecule has 5 nitrogen and oxygen atoms in total. The van der Waals surface area contributed by atoms with Gasteiger partial charge in [-0.05, 0) is 24.2 Å². The molecule has 0 bridgehead atoms. The van der Waals surface area contributed by atoms with E-state index in [1.165, 1.54) is 0 Å². The van der Waals surface area contributed by atoms with E-state index in [2.05, 4.69) is 5.32 Å². The summed E-state index contributed by atoms with van der Waals surface area (Å²) in [7, 11) is 0. The van der Waals surface area contributed by atoms with Gasteiger partial charge in [0, 0.05) is 25.4 Å². The fourth-order valence-corrected chi connectivity index (χ4v) is 1.93. The quantitative estimate of drug-likeness (QED) is 0.594. The number of carbonyl (C=O) groups excluding carboxylic acids is 1. The average Bonchev–Trinajstić information content (AvgIpc) is 2.24. The van der Waals surface area contributed by atoms with E-state index in [9.17, 15) is 9.59 Å². The van der Waals surface area contributed by atoms with Gasteiger partial charge in [-0.15, -0.1) is 0 Å². The Kier molecular flexibility index (Phi) is 8.39. The third-order valence-corrected chi connectivity index (χ3v) is 3.13. The lowest BCUT2D eigenvalue weighted by molar-refractivity contribution is -0.138. The van der Waals surface area contributed by atoms with E-state index < -0.39 is 5.97 Å². The molecule has 1 amide bonds. The minimum atomic E-state index is -0.821. The van der Waals surface area contributed by atoms with Crippen LogP contribution in [0.2, 0.25) is 0 Å². The smallest absolute Gasteiger partial charge is 0.303 e. The largest absolute Gasteiger partial charge is 0.481 e. The molecule has 0 aromatic heterocycles. The van der Waals surface area contributed by atoms with Crippen LogP contribution in [0.4, 0.5) is 0 Å². The minimum Gasteiger partial charge on any atom is -0.481 e. The van der Waals surface area contributed by atoms with Crippen molar-refractivity contribution in [2.45, 2.75) is 53.0 Å². The Labute approximate surface area is 115 Å². The second-order valence-electron chi connectivity index (χ2n) is 6.01. The summed E-state index contributed by atoms with van der Waals surface area (Å²) in [6, 6.07) is -0.150. The van der Waals surface area contributed by atoms with Gasteiger partial charge in [-0.3, -0.25) is 9.59 Å². The number of carboxylic acid groups (broad SMARTS) is 1. The predicted molar refractivity (Wildman–Crippen MR) is 75.6 cm³/mol. The molecular formula is C14H28N2O3. The Balaban J connectivity index is 4.15.